The lowest BCUT2D eigenvalue weighted by Gasteiger charge is -2.37. The fraction of sp³-hybridized carbons (Fsp3) is 0.929. The number of amides is 1. The Morgan fingerprint density at radius 3 is 2.78 bits per heavy atom. The summed E-state index contributed by atoms with van der Waals surface area (Å²) in [4.78, 5) is 19.1. The van der Waals surface area contributed by atoms with Gasteiger partial charge in [0.05, 0.1) is 24.7 Å². The number of ether oxygens (including phenoxy) is 2. The molecule has 2 heterocycles. The Balaban J connectivity index is 1.69. The number of hydrazine groups is 1. The number of hydrogen-bond donors (Lipinski definition) is 1. The minimum absolute atomic E-state index is 0.0651. The van der Waals surface area contributed by atoms with E-state index in [4.69, 9.17) is 14.3 Å². The second-order valence-electron chi connectivity index (χ2n) is 7.47. The smallest absolute Gasteiger partial charge is 0.409 e. The van der Waals surface area contributed by atoms with Crippen LogP contribution in [-0.2, 0) is 14.3 Å². The van der Waals surface area contributed by atoms with E-state index in [-0.39, 0.29) is 17.6 Å². The summed E-state index contributed by atoms with van der Waals surface area (Å²) >= 11 is 0. The van der Waals surface area contributed by atoms with E-state index in [2.05, 4.69) is 10.7 Å². The minimum Gasteiger partial charge on any atom is -0.570 e. The highest BCUT2D eigenvalue weighted by Crippen LogP contribution is 2.27. The number of hydrogen-bond acceptors (Lipinski definition) is 6. The summed E-state index contributed by atoms with van der Waals surface area (Å²) in [6.07, 6.45) is 0.00521. The van der Waals surface area contributed by atoms with Gasteiger partial charge in [0.15, 0.2) is 0 Å². The second kappa shape index (κ2) is 6.88. The molecule has 1 atom stereocenters. The van der Waals surface area contributed by atoms with E-state index >= 15 is 0 Å². The van der Waals surface area contributed by atoms with Crippen molar-refractivity contribution in [2.75, 3.05) is 32.9 Å². The topological polar surface area (TPSA) is 98.5 Å². The van der Waals surface area contributed by atoms with Crippen LogP contribution in [0.3, 0.4) is 0 Å². The SMILES string of the molecule is CC1(COC(=O)N2CC[C@@H](ON[N+]([O-])=NC(C)(C)C)C2)COC1. The van der Waals surface area contributed by atoms with Gasteiger partial charge in [-0.1, -0.05) is 6.92 Å². The van der Waals surface area contributed by atoms with Gasteiger partial charge in [-0.15, -0.1) is 0 Å². The largest absolute Gasteiger partial charge is 0.570 e. The van der Waals surface area contributed by atoms with Crippen LogP contribution in [0.15, 0.2) is 5.11 Å². The van der Waals surface area contributed by atoms with Crippen molar-refractivity contribution >= 4 is 6.09 Å². The van der Waals surface area contributed by atoms with Gasteiger partial charge >= 0.3 is 6.09 Å². The number of rotatable bonds is 5. The average Bonchev–Trinajstić information content (AvgIpc) is 2.87. The molecule has 9 nitrogen and oxygen atoms in total. The van der Waals surface area contributed by atoms with Crippen molar-refractivity contribution in [1.82, 2.24) is 10.5 Å². The van der Waals surface area contributed by atoms with Gasteiger partial charge in [-0.2, -0.15) is 0 Å². The maximum atomic E-state index is 12.0. The van der Waals surface area contributed by atoms with Gasteiger partial charge in [0.2, 0.25) is 0 Å². The van der Waals surface area contributed by atoms with E-state index < -0.39 is 5.54 Å². The molecular weight excluding hydrogens is 304 g/mol. The first kappa shape index (κ1) is 17.7. The molecule has 9 heteroatoms. The first-order valence-corrected chi connectivity index (χ1v) is 7.78. The van der Waals surface area contributed by atoms with Crippen LogP contribution < -0.4 is 5.59 Å². The molecule has 1 N–H and O–H groups in total. The van der Waals surface area contributed by atoms with Crippen molar-refractivity contribution < 1.29 is 24.1 Å². The summed E-state index contributed by atoms with van der Waals surface area (Å²) < 4.78 is 10.4. The van der Waals surface area contributed by atoms with Crippen molar-refractivity contribution in [1.29, 1.82) is 0 Å². The van der Waals surface area contributed by atoms with Crippen LogP contribution in [0, 0.1) is 10.6 Å². The van der Waals surface area contributed by atoms with Gasteiger partial charge < -0.3 is 19.6 Å². The first-order valence-electron chi connectivity index (χ1n) is 7.78. The standard InChI is InChI=1S/C14H26N4O5/c1-13(2,3)15-18(20)16-23-11-5-6-17(7-11)12(19)22-10-14(4)8-21-9-14/h11H,5-10H2,1-4H3,(H,15,16)/t11-/m1/s1. The molecule has 0 saturated carbocycles. The maximum absolute atomic E-state index is 12.0. The molecule has 2 aliphatic rings. The lowest BCUT2D eigenvalue weighted by molar-refractivity contribution is -0.652. The molecule has 0 aromatic rings. The maximum Gasteiger partial charge on any atom is 0.409 e. The van der Waals surface area contributed by atoms with E-state index in [1.807, 2.05) is 6.92 Å². The molecule has 132 valence electrons. The van der Waals surface area contributed by atoms with Crippen molar-refractivity contribution in [3.8, 4) is 0 Å². The van der Waals surface area contributed by atoms with Crippen LogP contribution in [0.4, 0.5) is 4.79 Å². The zero-order valence-electron chi connectivity index (χ0n) is 14.2. The molecule has 0 spiro atoms. The highest BCUT2D eigenvalue weighted by molar-refractivity contribution is 5.68. The van der Waals surface area contributed by atoms with Crippen LogP contribution >= 0.6 is 0 Å². The van der Waals surface area contributed by atoms with E-state index in [0.29, 0.717) is 44.3 Å². The molecular formula is C14H26N4O5. The summed E-state index contributed by atoms with van der Waals surface area (Å²) in [5.74, 6) is 0. The Morgan fingerprint density at radius 2 is 2.22 bits per heavy atom. The predicted octanol–water partition coefficient (Wildman–Crippen LogP) is 1.43. The van der Waals surface area contributed by atoms with Crippen molar-refractivity contribution in [3.05, 3.63) is 5.21 Å². The van der Waals surface area contributed by atoms with Gasteiger partial charge in [-0.25, -0.2) is 9.63 Å². The highest BCUT2D eigenvalue weighted by Gasteiger charge is 2.36. The van der Waals surface area contributed by atoms with Gasteiger partial charge in [-0.3, -0.25) is 0 Å². The molecule has 0 aromatic heterocycles. The number of likely N-dealkylation sites (tertiary alicyclic amines) is 1. The fourth-order valence-electron chi connectivity index (χ4n) is 2.26. The molecule has 2 saturated heterocycles. The van der Waals surface area contributed by atoms with Gasteiger partial charge in [0, 0.05) is 17.1 Å². The van der Waals surface area contributed by atoms with Gasteiger partial charge in [0.25, 0.3) is 0 Å². The number of nitrogens with zero attached hydrogens (tertiary/aromatic N) is 3. The summed E-state index contributed by atoms with van der Waals surface area (Å²) in [7, 11) is 0. The van der Waals surface area contributed by atoms with Crippen LogP contribution in [0.25, 0.3) is 0 Å². The fourth-order valence-corrected chi connectivity index (χ4v) is 2.26. The Morgan fingerprint density at radius 1 is 1.52 bits per heavy atom. The third-order valence-corrected chi connectivity index (χ3v) is 3.54. The molecule has 2 fully saturated rings. The normalized spacial score (nSPS) is 24.3. The second-order valence-corrected chi connectivity index (χ2v) is 7.47. The van der Waals surface area contributed by atoms with Crippen molar-refractivity contribution in [2.45, 2.75) is 45.8 Å². The Bertz CT molecular complexity index is 459. The van der Waals surface area contributed by atoms with Crippen LogP contribution in [0.5, 0.6) is 0 Å². The molecule has 23 heavy (non-hydrogen) atoms. The third-order valence-electron chi connectivity index (χ3n) is 3.54. The van der Waals surface area contributed by atoms with E-state index in [1.54, 1.807) is 25.7 Å². The van der Waals surface area contributed by atoms with Crippen molar-refractivity contribution in [2.24, 2.45) is 10.5 Å². The molecule has 2 aliphatic heterocycles. The van der Waals surface area contributed by atoms with Crippen LogP contribution in [0.2, 0.25) is 0 Å². The number of carbonyl (C=O) groups is 1. The Labute approximate surface area is 136 Å². The zero-order chi connectivity index (χ0) is 17.1. The van der Waals surface area contributed by atoms with Crippen molar-refractivity contribution in [3.63, 3.8) is 0 Å². The van der Waals surface area contributed by atoms with E-state index in [9.17, 15) is 10.0 Å². The van der Waals surface area contributed by atoms with Gasteiger partial charge in [0.1, 0.15) is 18.2 Å². The summed E-state index contributed by atoms with van der Waals surface area (Å²) in [6, 6.07) is 0. The quantitative estimate of drug-likeness (QED) is 0.465. The zero-order valence-corrected chi connectivity index (χ0v) is 14.2. The van der Waals surface area contributed by atoms with Crippen LogP contribution in [0.1, 0.15) is 34.1 Å². The third kappa shape index (κ3) is 5.51. The lowest BCUT2D eigenvalue weighted by Crippen LogP contribution is -2.45. The summed E-state index contributed by atoms with van der Waals surface area (Å²) in [6.45, 7) is 9.94. The molecule has 0 unspecified atom stereocenters. The van der Waals surface area contributed by atoms with Crippen LogP contribution in [-0.4, -0.2) is 60.5 Å². The monoisotopic (exact) mass is 330 g/mol. The molecule has 0 radical (unpaired) electrons. The molecule has 0 bridgehead atoms. The first-order chi connectivity index (χ1) is 10.7. The molecule has 0 aliphatic carbocycles. The summed E-state index contributed by atoms with van der Waals surface area (Å²) in [5, 5.41) is 15.3. The predicted molar refractivity (Wildman–Crippen MR) is 80.3 cm³/mol. The number of nitrogens with one attached hydrogen (secondary N) is 1. The number of carbonyl (C=O) groups excluding carboxylic acids is 1. The molecule has 2 rings (SSSR count). The molecule has 1 amide bonds. The van der Waals surface area contributed by atoms with E-state index in [1.165, 1.54) is 0 Å². The Kier molecular flexibility index (Phi) is 5.30. The average molecular weight is 330 g/mol. The summed E-state index contributed by atoms with van der Waals surface area (Å²) in [5.41, 5.74) is 1.67. The Hall–Kier alpha value is -1.61. The minimum atomic E-state index is -0.495. The highest BCUT2D eigenvalue weighted by atomic mass is 16.8. The lowest BCUT2D eigenvalue weighted by atomic mass is 9.90. The van der Waals surface area contributed by atoms with E-state index in [0.717, 1.165) is 0 Å². The molecule has 0 aromatic carbocycles. The van der Waals surface area contributed by atoms with Gasteiger partial charge in [-0.05, 0) is 32.8 Å².